The number of piperidine rings is 2. The molecule has 0 amide bonds. The third-order valence-corrected chi connectivity index (χ3v) is 35.9. The van der Waals surface area contributed by atoms with Crippen LogP contribution in [0.2, 0.25) is 0 Å². The van der Waals surface area contributed by atoms with Gasteiger partial charge in [0.25, 0.3) is 0 Å². The molecule has 5 fully saturated rings. The van der Waals surface area contributed by atoms with Crippen molar-refractivity contribution < 1.29 is 52.7 Å². The Kier molecular flexibility index (Phi) is 43.4. The van der Waals surface area contributed by atoms with Crippen LogP contribution in [0.3, 0.4) is 0 Å². The molecule has 2 saturated heterocycles. The smallest absolute Gasteiger partial charge is 0.311 e. The molecule has 0 bridgehead atoms. The van der Waals surface area contributed by atoms with Crippen molar-refractivity contribution in [1.29, 1.82) is 0 Å². The van der Waals surface area contributed by atoms with Gasteiger partial charge >= 0.3 is 23.9 Å². The maximum absolute atomic E-state index is 13.2. The molecule has 0 radical (unpaired) electrons. The van der Waals surface area contributed by atoms with Crippen molar-refractivity contribution >= 4 is 45.5 Å². The molecule has 2 aromatic carbocycles. The molecule has 2 aromatic rings. The molecule has 718 valence electrons. The predicted molar refractivity (Wildman–Crippen MR) is 529 cm³/mol. The first-order valence-electron chi connectivity index (χ1n) is 52.4. The number of allylic oxidation sites excluding steroid dienone is 1. The standard InChI is InChI=1S/C84H140N2O10S2.C27H46O/c1-59(2)23-17-25-61(5)27-19-29-63(7)31-21-45-83(15)47-37-73-69(13)79(65(9)67(11)81(73)95-83)93-77(89)35-33-75(87)91-55-43-71-39-49-85(50-40-71)53-57-97-98-58-54-86-51-41-72(42-52-86)44-56-92-76(88)34-36-78(90)94-80-66(10)68(12)82-74(70(80)14)38-48-84(16,96-82)46-22-32-64(8)30-20-28-62(6)26-18-24-60(3)4;1-18(2)7-6-8-19(3)23-11-12-24-22-10-9-20-17-21(28)13-15-26(20,4)25(22)14-16-27(23,24)5/h59-64,71-72H,17-58H2,1-16H3;9,18-19,21-25,28H,6-8,10-17H2,1-5H3. The quantitative estimate of drug-likeness (QED) is 0.0220. The summed E-state index contributed by atoms with van der Waals surface area (Å²) in [4.78, 5) is 57.1. The molecular formula is C111H186N2O11S2. The molecular weight excluding hydrogens is 1600 g/mol. The fourth-order valence-corrected chi connectivity index (χ4v) is 26.6. The van der Waals surface area contributed by atoms with E-state index in [-0.39, 0.29) is 54.9 Å². The predicted octanol–water partition coefficient (Wildman–Crippen LogP) is 28.7. The van der Waals surface area contributed by atoms with Crippen LogP contribution in [0.1, 0.15) is 412 Å². The maximum Gasteiger partial charge on any atom is 0.311 e. The Morgan fingerprint density at radius 2 is 0.849 bits per heavy atom. The normalized spacial score (nSPS) is 25.8. The van der Waals surface area contributed by atoms with Crippen LogP contribution in [-0.2, 0) is 41.5 Å². The molecule has 4 aliphatic heterocycles. The minimum absolute atomic E-state index is 0.00869. The van der Waals surface area contributed by atoms with Gasteiger partial charge in [-0.05, 0) is 350 Å². The lowest BCUT2D eigenvalue weighted by Gasteiger charge is -2.58. The summed E-state index contributed by atoms with van der Waals surface area (Å²) in [5.41, 5.74) is 10.3. The minimum Gasteiger partial charge on any atom is -0.487 e. The monoisotopic (exact) mass is 1790 g/mol. The maximum atomic E-state index is 13.2. The van der Waals surface area contributed by atoms with E-state index in [4.69, 9.17) is 28.4 Å². The largest absolute Gasteiger partial charge is 0.487 e. The molecule has 1 N–H and O–H groups in total. The lowest BCUT2D eigenvalue weighted by atomic mass is 9.47. The summed E-state index contributed by atoms with van der Waals surface area (Å²) in [7, 11) is 3.95. The molecule has 4 heterocycles. The van der Waals surface area contributed by atoms with E-state index in [1.165, 1.54) is 161 Å². The Morgan fingerprint density at radius 3 is 1.27 bits per heavy atom. The Morgan fingerprint density at radius 1 is 0.452 bits per heavy atom. The Hall–Kier alpha value is -3.76. The minimum atomic E-state index is -0.404. The van der Waals surface area contributed by atoms with Crippen molar-refractivity contribution in [2.45, 2.75) is 439 Å². The summed E-state index contributed by atoms with van der Waals surface area (Å²) in [5.74, 6) is 15.2. The van der Waals surface area contributed by atoms with Gasteiger partial charge in [-0.25, -0.2) is 0 Å². The van der Waals surface area contributed by atoms with Crippen LogP contribution in [0.4, 0.5) is 0 Å². The van der Waals surface area contributed by atoms with Gasteiger partial charge in [0.2, 0.25) is 0 Å². The molecule has 8 aliphatic rings. The molecule has 3 saturated carbocycles. The first-order chi connectivity index (χ1) is 60.0. The van der Waals surface area contributed by atoms with Crippen LogP contribution in [0, 0.1) is 135 Å². The number of hydrogen-bond donors (Lipinski definition) is 1. The van der Waals surface area contributed by atoms with E-state index in [1.54, 1.807) is 5.57 Å². The molecule has 15 heteroatoms. The number of aliphatic hydroxyl groups excluding tert-OH is 1. The number of esters is 4. The van der Waals surface area contributed by atoms with Crippen LogP contribution in [0.25, 0.3) is 0 Å². The van der Waals surface area contributed by atoms with E-state index in [0.717, 1.165) is 268 Å². The lowest BCUT2D eigenvalue weighted by Crippen LogP contribution is -2.50. The molecule has 10 rings (SSSR count). The van der Waals surface area contributed by atoms with E-state index < -0.39 is 11.9 Å². The summed E-state index contributed by atoms with van der Waals surface area (Å²) in [6, 6.07) is 0. The van der Waals surface area contributed by atoms with E-state index in [1.807, 2.05) is 49.3 Å². The highest BCUT2D eigenvalue weighted by Gasteiger charge is 2.59. The number of rotatable bonds is 50. The second-order valence-electron chi connectivity index (χ2n) is 45.2. The van der Waals surface area contributed by atoms with E-state index >= 15 is 0 Å². The van der Waals surface area contributed by atoms with Gasteiger partial charge in [0, 0.05) is 35.7 Å². The van der Waals surface area contributed by atoms with Crippen molar-refractivity contribution in [1.82, 2.24) is 9.80 Å². The molecule has 0 aromatic heterocycles. The number of ether oxygens (including phenoxy) is 6. The van der Waals surface area contributed by atoms with Crippen molar-refractivity contribution in [3.8, 4) is 23.0 Å². The van der Waals surface area contributed by atoms with Crippen molar-refractivity contribution in [3.05, 3.63) is 56.2 Å². The Labute approximate surface area is 778 Å². The van der Waals surface area contributed by atoms with Gasteiger partial charge in [0.1, 0.15) is 34.2 Å². The highest BCUT2D eigenvalue weighted by atomic mass is 33.1. The zero-order valence-electron chi connectivity index (χ0n) is 84.5. The first-order valence-corrected chi connectivity index (χ1v) is 54.9. The van der Waals surface area contributed by atoms with Crippen LogP contribution < -0.4 is 18.9 Å². The summed E-state index contributed by atoms with van der Waals surface area (Å²) >= 11 is 0. The number of nitrogens with zero attached hydrogens (tertiary/aromatic N) is 2. The molecule has 126 heavy (non-hydrogen) atoms. The fraction of sp³-hybridized carbons (Fsp3) is 0.838. The molecule has 14 atom stereocenters. The second-order valence-corrected chi connectivity index (χ2v) is 47.9. The van der Waals surface area contributed by atoms with Gasteiger partial charge in [-0.2, -0.15) is 0 Å². The third kappa shape index (κ3) is 32.0. The van der Waals surface area contributed by atoms with Gasteiger partial charge in [0.15, 0.2) is 0 Å². The van der Waals surface area contributed by atoms with Gasteiger partial charge in [0.05, 0.1) is 45.0 Å². The first kappa shape index (κ1) is 106. The Bertz CT molecular complexity index is 3520. The number of likely N-dealkylation sites (tertiary alicyclic amines) is 2. The van der Waals surface area contributed by atoms with Gasteiger partial charge in [-0.1, -0.05) is 232 Å². The number of hydrogen-bond acceptors (Lipinski definition) is 15. The second kappa shape index (κ2) is 51.6. The molecule has 0 spiro atoms. The SMILES string of the molecule is CC(C)CCCC(C)C1CCC2C3CC=C4CC(O)CCC4(C)C3CCC12C.Cc1c(C)c2c(c(C)c1OC(=O)CCC(=O)OCCC1CCN(CCSSCCN3CCC(CCOC(=O)CCC(=O)Oc4c(C)c(C)c5c(c4C)CCC(C)(CCCC(C)CCCC(C)CCCC(C)C)O5)CC3)CC1)CCC(C)(CCCC(C)CCCC(C)CCCC(C)C)O2. The fourth-order valence-electron chi connectivity index (χ4n) is 24.5. The average molecular weight is 1790 g/mol. The van der Waals surface area contributed by atoms with E-state index in [2.05, 4.69) is 134 Å². The summed E-state index contributed by atoms with van der Waals surface area (Å²) < 4.78 is 37.0. The number of fused-ring (bicyclic) bond motifs is 7. The third-order valence-electron chi connectivity index (χ3n) is 33.5. The molecule has 13 nitrogen and oxygen atoms in total. The topological polar surface area (TPSA) is 150 Å². The zero-order chi connectivity index (χ0) is 91.5. The van der Waals surface area contributed by atoms with E-state index in [9.17, 15) is 24.3 Å². The van der Waals surface area contributed by atoms with Crippen molar-refractivity contribution in [2.75, 3.05) is 64.0 Å². The number of carbonyl (C=O) groups excluding carboxylic acids is 4. The summed E-state index contributed by atoms with van der Waals surface area (Å²) in [5, 5.41) is 10.2. The van der Waals surface area contributed by atoms with Crippen molar-refractivity contribution in [3.63, 3.8) is 0 Å². The van der Waals surface area contributed by atoms with Crippen LogP contribution in [0.15, 0.2) is 11.6 Å². The Balaban J connectivity index is 0.000000535. The summed E-state index contributed by atoms with van der Waals surface area (Å²) in [6.07, 6.45) is 50.1. The van der Waals surface area contributed by atoms with Gasteiger partial charge < -0.3 is 43.3 Å². The highest BCUT2D eigenvalue weighted by Crippen LogP contribution is 2.68. The zero-order valence-corrected chi connectivity index (χ0v) is 86.1. The lowest BCUT2D eigenvalue weighted by molar-refractivity contribution is -0.147. The van der Waals surface area contributed by atoms with Crippen LogP contribution in [0.5, 0.6) is 23.0 Å². The number of benzene rings is 2. The van der Waals surface area contributed by atoms with Gasteiger partial charge in [-0.15, -0.1) is 0 Å². The van der Waals surface area contributed by atoms with Gasteiger partial charge in [-0.3, -0.25) is 19.2 Å². The number of carbonyl (C=O) groups is 4. The average Bonchev–Trinajstić information content (AvgIpc) is 1.46. The van der Waals surface area contributed by atoms with Crippen molar-refractivity contribution in [2.24, 2.45) is 93.7 Å². The molecule has 14 unspecified atom stereocenters. The highest BCUT2D eigenvalue weighted by molar-refractivity contribution is 8.76. The summed E-state index contributed by atoms with van der Waals surface area (Å²) in [6.45, 7) is 55.7. The molecule has 4 aliphatic carbocycles. The van der Waals surface area contributed by atoms with Crippen LogP contribution in [-0.4, -0.2) is 120 Å². The van der Waals surface area contributed by atoms with E-state index in [0.29, 0.717) is 47.4 Å². The number of aliphatic hydroxyl groups is 1. The van der Waals surface area contributed by atoms with Crippen LogP contribution >= 0.6 is 21.6 Å².